The summed E-state index contributed by atoms with van der Waals surface area (Å²) in [6.45, 7) is -0.132. The number of sulfonamides is 1. The first-order chi connectivity index (χ1) is 16.8. The quantitative estimate of drug-likeness (QED) is 0.346. The lowest BCUT2D eigenvalue weighted by molar-refractivity contribution is -0.384. The van der Waals surface area contributed by atoms with Crippen molar-refractivity contribution in [3.63, 3.8) is 0 Å². The number of amides is 1. The zero-order valence-electron chi connectivity index (χ0n) is 18.8. The summed E-state index contributed by atoms with van der Waals surface area (Å²) in [6.07, 6.45) is 3.06. The fourth-order valence-electron chi connectivity index (χ4n) is 3.75. The Balaban J connectivity index is 1.67. The van der Waals surface area contributed by atoms with Gasteiger partial charge in [-0.1, -0.05) is 30.3 Å². The second-order valence-corrected chi connectivity index (χ2v) is 9.70. The predicted octanol–water partition coefficient (Wildman–Crippen LogP) is 3.28. The van der Waals surface area contributed by atoms with E-state index in [0.29, 0.717) is 11.5 Å². The second kappa shape index (κ2) is 10.2. The van der Waals surface area contributed by atoms with Crippen molar-refractivity contribution >= 4 is 27.3 Å². The average Bonchev–Trinajstić information content (AvgIpc) is 3.36. The molecular weight excluding hydrogens is 474 g/mol. The van der Waals surface area contributed by atoms with E-state index in [1.54, 1.807) is 25.3 Å². The summed E-state index contributed by atoms with van der Waals surface area (Å²) >= 11 is 0. The minimum absolute atomic E-state index is 0.134. The average molecular weight is 498 g/mol. The van der Waals surface area contributed by atoms with E-state index in [9.17, 15) is 23.3 Å². The standard InChI is InChI=1S/C24H23N3O7S/c1-25-21(23-8-5-15-34-23)13-14-26(35(31,32)20-11-9-19(10-12-20)27(29)30)22(24(25)28)17-33-16-18-6-3-2-4-7-18/h2-13,15,22H,14,16-17H2,1H3/t22-/m0/s1. The highest BCUT2D eigenvalue weighted by Crippen LogP contribution is 2.28. The van der Waals surface area contributed by atoms with Crippen molar-refractivity contribution in [1.29, 1.82) is 0 Å². The lowest BCUT2D eigenvalue weighted by Gasteiger charge is -2.29. The Labute approximate surface area is 202 Å². The third-order valence-corrected chi connectivity index (χ3v) is 7.49. The summed E-state index contributed by atoms with van der Waals surface area (Å²) in [5.74, 6) is -0.0805. The van der Waals surface area contributed by atoms with Crippen LogP contribution in [0.5, 0.6) is 0 Å². The molecule has 0 saturated heterocycles. The maximum atomic E-state index is 13.6. The highest BCUT2D eigenvalue weighted by atomic mass is 32.2. The molecule has 0 aliphatic carbocycles. The maximum absolute atomic E-state index is 13.6. The van der Waals surface area contributed by atoms with Crippen molar-refractivity contribution in [3.8, 4) is 0 Å². The number of carbonyl (C=O) groups excluding carboxylic acids is 1. The van der Waals surface area contributed by atoms with Gasteiger partial charge in [0.2, 0.25) is 15.9 Å². The van der Waals surface area contributed by atoms with Gasteiger partial charge in [-0.2, -0.15) is 4.31 Å². The molecule has 0 N–H and O–H groups in total. The van der Waals surface area contributed by atoms with Gasteiger partial charge >= 0.3 is 0 Å². The molecule has 1 atom stereocenters. The molecule has 0 spiro atoms. The van der Waals surface area contributed by atoms with Gasteiger partial charge in [-0.25, -0.2) is 8.42 Å². The van der Waals surface area contributed by atoms with Crippen LogP contribution in [0.4, 0.5) is 5.69 Å². The number of benzene rings is 2. The first kappa shape index (κ1) is 24.3. The first-order valence-corrected chi connectivity index (χ1v) is 12.1. The fourth-order valence-corrected chi connectivity index (χ4v) is 5.26. The normalized spacial score (nSPS) is 17.2. The fraction of sp³-hybridized carbons (Fsp3) is 0.208. The number of rotatable bonds is 8. The molecular formula is C24H23N3O7S. The van der Waals surface area contributed by atoms with E-state index < -0.39 is 26.9 Å². The van der Waals surface area contributed by atoms with Gasteiger partial charge in [0.15, 0.2) is 0 Å². The van der Waals surface area contributed by atoms with E-state index in [-0.39, 0.29) is 30.3 Å². The van der Waals surface area contributed by atoms with Gasteiger partial charge in [-0.05, 0) is 35.9 Å². The van der Waals surface area contributed by atoms with Crippen molar-refractivity contribution in [1.82, 2.24) is 9.21 Å². The predicted molar refractivity (Wildman–Crippen MR) is 126 cm³/mol. The number of hydrogen-bond donors (Lipinski definition) is 0. The molecule has 1 aliphatic rings. The molecule has 0 fully saturated rings. The lowest BCUT2D eigenvalue weighted by atomic mass is 10.2. The van der Waals surface area contributed by atoms with Crippen LogP contribution in [0.25, 0.3) is 5.70 Å². The Bertz CT molecular complexity index is 1320. The van der Waals surface area contributed by atoms with Gasteiger partial charge in [0, 0.05) is 25.7 Å². The van der Waals surface area contributed by atoms with E-state index in [2.05, 4.69) is 0 Å². The number of likely N-dealkylation sites (N-methyl/N-ethyl adjacent to an activating group) is 1. The largest absolute Gasteiger partial charge is 0.463 e. The number of non-ortho nitro benzene ring substituents is 1. The molecule has 0 unspecified atom stereocenters. The third-order valence-electron chi connectivity index (χ3n) is 5.60. The number of nitro groups is 1. The van der Waals surface area contributed by atoms with E-state index in [1.807, 2.05) is 30.3 Å². The first-order valence-electron chi connectivity index (χ1n) is 10.7. The zero-order chi connectivity index (χ0) is 25.0. The van der Waals surface area contributed by atoms with Crippen molar-refractivity contribution in [2.45, 2.75) is 17.5 Å². The molecule has 1 aromatic heterocycles. The van der Waals surface area contributed by atoms with Crippen LogP contribution in [0.1, 0.15) is 11.3 Å². The molecule has 35 heavy (non-hydrogen) atoms. The Morgan fingerprint density at radius 1 is 1.09 bits per heavy atom. The number of ether oxygens (including phenoxy) is 1. The maximum Gasteiger partial charge on any atom is 0.269 e. The van der Waals surface area contributed by atoms with Gasteiger partial charge in [0.25, 0.3) is 5.69 Å². The van der Waals surface area contributed by atoms with Crippen LogP contribution >= 0.6 is 0 Å². The molecule has 11 heteroatoms. The molecule has 4 rings (SSSR count). The van der Waals surface area contributed by atoms with Crippen molar-refractivity contribution in [3.05, 3.63) is 101 Å². The van der Waals surface area contributed by atoms with Gasteiger partial charge in [-0.3, -0.25) is 14.9 Å². The van der Waals surface area contributed by atoms with Gasteiger partial charge < -0.3 is 14.1 Å². The molecule has 0 radical (unpaired) electrons. The summed E-state index contributed by atoms with van der Waals surface area (Å²) in [4.78, 5) is 25.1. The van der Waals surface area contributed by atoms with Crippen LogP contribution in [-0.2, 0) is 26.2 Å². The SMILES string of the molecule is CN1C(=O)[C@H](COCc2ccccc2)N(S(=O)(=O)c2ccc([N+](=O)[O-])cc2)CC=C1c1ccco1. The van der Waals surface area contributed by atoms with Crippen LogP contribution in [-0.4, -0.2) is 54.7 Å². The van der Waals surface area contributed by atoms with Crippen LogP contribution in [0.3, 0.4) is 0 Å². The number of nitrogens with zero attached hydrogens (tertiary/aromatic N) is 3. The molecule has 0 bridgehead atoms. The van der Waals surface area contributed by atoms with Gasteiger partial charge in [0.1, 0.15) is 11.8 Å². The topological polar surface area (TPSA) is 123 Å². The monoisotopic (exact) mass is 497 g/mol. The molecule has 10 nitrogen and oxygen atoms in total. The summed E-state index contributed by atoms with van der Waals surface area (Å²) in [5.41, 5.74) is 1.06. The van der Waals surface area contributed by atoms with Gasteiger partial charge in [0.05, 0.1) is 35.0 Å². The summed E-state index contributed by atoms with van der Waals surface area (Å²) < 4.78 is 39.4. The highest BCUT2D eigenvalue weighted by molar-refractivity contribution is 7.89. The van der Waals surface area contributed by atoms with E-state index in [0.717, 1.165) is 34.1 Å². The van der Waals surface area contributed by atoms with Gasteiger partial charge in [-0.15, -0.1) is 0 Å². The van der Waals surface area contributed by atoms with Crippen molar-refractivity contribution < 1.29 is 27.3 Å². The second-order valence-electron chi connectivity index (χ2n) is 7.81. The molecule has 2 heterocycles. The van der Waals surface area contributed by atoms with E-state index in [1.165, 1.54) is 11.2 Å². The van der Waals surface area contributed by atoms with Crippen molar-refractivity contribution in [2.24, 2.45) is 0 Å². The van der Waals surface area contributed by atoms with Crippen molar-refractivity contribution in [2.75, 3.05) is 20.2 Å². The van der Waals surface area contributed by atoms with Crippen LogP contribution in [0.15, 0.2) is 88.4 Å². The van der Waals surface area contributed by atoms with Crippen LogP contribution in [0, 0.1) is 10.1 Å². The number of furan rings is 1. The molecule has 1 amide bonds. The van der Waals surface area contributed by atoms with Crippen LogP contribution in [0.2, 0.25) is 0 Å². The number of nitro benzene ring substituents is 1. The Hall–Kier alpha value is -3.80. The zero-order valence-corrected chi connectivity index (χ0v) is 19.6. The Kier molecular flexibility index (Phi) is 7.10. The Morgan fingerprint density at radius 3 is 2.43 bits per heavy atom. The minimum atomic E-state index is -4.21. The number of carbonyl (C=O) groups is 1. The van der Waals surface area contributed by atoms with E-state index in [4.69, 9.17) is 9.15 Å². The minimum Gasteiger partial charge on any atom is -0.463 e. The molecule has 182 valence electrons. The van der Waals surface area contributed by atoms with Crippen LogP contribution < -0.4 is 0 Å². The molecule has 0 saturated carbocycles. The molecule has 1 aliphatic heterocycles. The summed E-state index contributed by atoms with van der Waals surface area (Å²) in [6, 6.07) is 16.0. The lowest BCUT2D eigenvalue weighted by Crippen LogP contribution is -2.50. The third kappa shape index (κ3) is 5.16. The van der Waals surface area contributed by atoms with E-state index >= 15 is 0 Å². The number of hydrogen-bond acceptors (Lipinski definition) is 7. The molecule has 3 aromatic rings. The highest BCUT2D eigenvalue weighted by Gasteiger charge is 2.40. The molecule has 2 aromatic carbocycles. The Morgan fingerprint density at radius 2 is 1.80 bits per heavy atom. The summed E-state index contributed by atoms with van der Waals surface area (Å²) in [5, 5.41) is 11.0. The smallest absolute Gasteiger partial charge is 0.269 e. The summed E-state index contributed by atoms with van der Waals surface area (Å²) in [7, 11) is -2.67.